The Morgan fingerprint density at radius 1 is 1.19 bits per heavy atom. The van der Waals surface area contributed by atoms with Crippen molar-refractivity contribution in [1.29, 1.82) is 0 Å². The van der Waals surface area contributed by atoms with E-state index in [1.165, 1.54) is 12.0 Å². The zero-order valence-electron chi connectivity index (χ0n) is 15.5. The maximum Gasteiger partial charge on any atom is 0.387 e. The summed E-state index contributed by atoms with van der Waals surface area (Å²) in [6.45, 7) is 1.20. The van der Waals surface area contributed by atoms with Crippen LogP contribution in [0.3, 0.4) is 0 Å². The number of methoxy groups -OCH3 is 1. The van der Waals surface area contributed by atoms with E-state index < -0.39 is 6.61 Å². The van der Waals surface area contributed by atoms with Crippen LogP contribution >= 0.6 is 11.3 Å². The van der Waals surface area contributed by atoms with Gasteiger partial charge in [0.2, 0.25) is 0 Å². The third-order valence-electron chi connectivity index (χ3n) is 3.70. The first-order valence-electron chi connectivity index (χ1n) is 8.78. The first-order chi connectivity index (χ1) is 13.1. The van der Waals surface area contributed by atoms with Crippen LogP contribution in [-0.4, -0.2) is 39.3 Å². The zero-order valence-corrected chi connectivity index (χ0v) is 16.3. The SMILES string of the molecule is CCNC(=NCCc1cccs1)NCCc1ccc(OC)c(OC(F)F)c1. The number of alkyl halides is 2. The highest BCUT2D eigenvalue weighted by Crippen LogP contribution is 2.29. The van der Waals surface area contributed by atoms with Crippen molar-refractivity contribution >= 4 is 17.3 Å². The summed E-state index contributed by atoms with van der Waals surface area (Å²) in [6, 6.07) is 9.18. The molecule has 1 aromatic heterocycles. The van der Waals surface area contributed by atoms with Gasteiger partial charge in [0.15, 0.2) is 17.5 Å². The van der Waals surface area contributed by atoms with Crippen LogP contribution in [0, 0.1) is 0 Å². The lowest BCUT2D eigenvalue weighted by Gasteiger charge is -2.13. The van der Waals surface area contributed by atoms with Gasteiger partial charge in [-0.05, 0) is 42.5 Å². The molecule has 0 saturated heterocycles. The van der Waals surface area contributed by atoms with Crippen LogP contribution in [0.5, 0.6) is 11.5 Å². The summed E-state index contributed by atoms with van der Waals surface area (Å²) in [6.07, 6.45) is 1.54. The van der Waals surface area contributed by atoms with Gasteiger partial charge in [0.25, 0.3) is 0 Å². The number of nitrogens with zero attached hydrogens (tertiary/aromatic N) is 1. The smallest absolute Gasteiger partial charge is 0.387 e. The van der Waals surface area contributed by atoms with E-state index in [0.29, 0.717) is 19.5 Å². The van der Waals surface area contributed by atoms with Crippen LogP contribution < -0.4 is 20.1 Å². The molecule has 2 N–H and O–H groups in total. The second-order valence-corrected chi connectivity index (χ2v) is 6.66. The summed E-state index contributed by atoms with van der Waals surface area (Å²) < 4.78 is 34.6. The number of halogens is 2. The average molecular weight is 397 g/mol. The normalized spacial score (nSPS) is 11.5. The van der Waals surface area contributed by atoms with Gasteiger partial charge < -0.3 is 20.1 Å². The molecule has 5 nitrogen and oxygen atoms in total. The van der Waals surface area contributed by atoms with E-state index in [4.69, 9.17) is 4.74 Å². The molecule has 2 rings (SSSR count). The van der Waals surface area contributed by atoms with E-state index in [1.807, 2.05) is 19.1 Å². The summed E-state index contributed by atoms with van der Waals surface area (Å²) in [4.78, 5) is 5.87. The summed E-state index contributed by atoms with van der Waals surface area (Å²) >= 11 is 1.73. The number of hydrogen-bond donors (Lipinski definition) is 2. The van der Waals surface area contributed by atoms with Crippen LogP contribution in [0.2, 0.25) is 0 Å². The Morgan fingerprint density at radius 2 is 2.04 bits per heavy atom. The van der Waals surface area contributed by atoms with E-state index in [2.05, 4.69) is 31.8 Å². The Bertz CT molecular complexity index is 709. The average Bonchev–Trinajstić information content (AvgIpc) is 3.15. The number of hydrogen-bond acceptors (Lipinski definition) is 4. The van der Waals surface area contributed by atoms with Crippen molar-refractivity contribution in [2.24, 2.45) is 4.99 Å². The highest BCUT2D eigenvalue weighted by atomic mass is 32.1. The highest BCUT2D eigenvalue weighted by molar-refractivity contribution is 7.09. The predicted octanol–water partition coefficient (Wildman–Crippen LogP) is 3.70. The number of benzene rings is 1. The van der Waals surface area contributed by atoms with Gasteiger partial charge in [-0.1, -0.05) is 12.1 Å². The van der Waals surface area contributed by atoms with Gasteiger partial charge in [0.05, 0.1) is 7.11 Å². The minimum Gasteiger partial charge on any atom is -0.493 e. The molecule has 2 aromatic rings. The van der Waals surface area contributed by atoms with E-state index in [0.717, 1.165) is 24.5 Å². The molecule has 0 radical (unpaired) electrons. The molecule has 0 aliphatic heterocycles. The lowest BCUT2D eigenvalue weighted by atomic mass is 10.1. The first-order valence-corrected chi connectivity index (χ1v) is 9.66. The second kappa shape index (κ2) is 11.4. The van der Waals surface area contributed by atoms with E-state index in [9.17, 15) is 8.78 Å². The molecule has 0 saturated carbocycles. The molecule has 27 heavy (non-hydrogen) atoms. The summed E-state index contributed by atoms with van der Waals surface area (Å²) in [5.41, 5.74) is 0.869. The molecular weight excluding hydrogens is 372 g/mol. The fourth-order valence-electron chi connectivity index (χ4n) is 2.46. The van der Waals surface area contributed by atoms with E-state index in [1.54, 1.807) is 23.5 Å². The van der Waals surface area contributed by atoms with Crippen molar-refractivity contribution in [3.05, 3.63) is 46.2 Å². The molecule has 8 heteroatoms. The van der Waals surface area contributed by atoms with Gasteiger partial charge in [-0.3, -0.25) is 4.99 Å². The third kappa shape index (κ3) is 7.42. The second-order valence-electron chi connectivity index (χ2n) is 5.63. The van der Waals surface area contributed by atoms with Gasteiger partial charge in [-0.25, -0.2) is 0 Å². The molecule has 0 unspecified atom stereocenters. The molecule has 0 atom stereocenters. The van der Waals surface area contributed by atoms with Crippen LogP contribution in [-0.2, 0) is 12.8 Å². The Hall–Kier alpha value is -2.35. The van der Waals surface area contributed by atoms with Crippen LogP contribution in [0.4, 0.5) is 8.78 Å². The summed E-state index contributed by atoms with van der Waals surface area (Å²) in [7, 11) is 1.42. The fraction of sp³-hybridized carbons (Fsp3) is 0.421. The predicted molar refractivity (Wildman–Crippen MR) is 105 cm³/mol. The number of ether oxygens (including phenoxy) is 2. The zero-order chi connectivity index (χ0) is 19.5. The molecule has 148 valence electrons. The van der Waals surface area contributed by atoms with Crippen LogP contribution in [0.25, 0.3) is 0 Å². The van der Waals surface area contributed by atoms with Gasteiger partial charge in [0.1, 0.15) is 0 Å². The van der Waals surface area contributed by atoms with Crippen molar-refractivity contribution in [3.63, 3.8) is 0 Å². The molecule has 0 aliphatic carbocycles. The maximum atomic E-state index is 12.5. The molecule has 0 fully saturated rings. The highest BCUT2D eigenvalue weighted by Gasteiger charge is 2.11. The summed E-state index contributed by atoms with van der Waals surface area (Å²) in [5, 5.41) is 8.52. The molecule has 0 amide bonds. The number of rotatable bonds is 10. The molecule has 0 spiro atoms. The lowest BCUT2D eigenvalue weighted by molar-refractivity contribution is -0.0512. The number of guanidine groups is 1. The number of nitrogens with one attached hydrogen (secondary N) is 2. The third-order valence-corrected chi connectivity index (χ3v) is 4.64. The van der Waals surface area contributed by atoms with E-state index in [-0.39, 0.29) is 11.5 Å². The van der Waals surface area contributed by atoms with Gasteiger partial charge >= 0.3 is 6.61 Å². The monoisotopic (exact) mass is 397 g/mol. The standard InChI is InChI=1S/C19H25F2N3O2S/c1-3-22-19(24-11-9-15-5-4-12-27-15)23-10-8-14-6-7-16(25-2)17(13-14)26-18(20)21/h4-7,12-13,18H,3,8-11H2,1-2H3,(H2,22,23,24). The molecule has 1 heterocycles. The van der Waals surface area contributed by atoms with E-state index >= 15 is 0 Å². The van der Waals surface area contributed by atoms with Gasteiger partial charge in [-0.15, -0.1) is 11.3 Å². The van der Waals surface area contributed by atoms with Crippen molar-refractivity contribution in [2.75, 3.05) is 26.7 Å². The number of aliphatic imine (C=N–C) groups is 1. The fourth-order valence-corrected chi connectivity index (χ4v) is 3.16. The maximum absolute atomic E-state index is 12.5. The van der Waals surface area contributed by atoms with Crippen molar-refractivity contribution in [3.8, 4) is 11.5 Å². The van der Waals surface area contributed by atoms with Crippen LogP contribution in [0.15, 0.2) is 40.7 Å². The first kappa shape index (κ1) is 21.0. The minimum atomic E-state index is -2.89. The lowest BCUT2D eigenvalue weighted by Crippen LogP contribution is -2.38. The Morgan fingerprint density at radius 3 is 2.70 bits per heavy atom. The van der Waals surface area contributed by atoms with Crippen LogP contribution in [0.1, 0.15) is 17.4 Å². The molecule has 0 aliphatic rings. The minimum absolute atomic E-state index is 0.0431. The topological polar surface area (TPSA) is 54.9 Å². The Labute approximate surface area is 162 Å². The van der Waals surface area contributed by atoms with Crippen molar-refractivity contribution in [2.45, 2.75) is 26.4 Å². The molecule has 1 aromatic carbocycles. The number of thiophene rings is 1. The summed E-state index contributed by atoms with van der Waals surface area (Å²) in [5.74, 6) is 1.07. The van der Waals surface area contributed by atoms with Crippen molar-refractivity contribution < 1.29 is 18.3 Å². The van der Waals surface area contributed by atoms with Crippen molar-refractivity contribution in [1.82, 2.24) is 10.6 Å². The quantitative estimate of drug-likeness (QED) is 0.474. The van der Waals surface area contributed by atoms with Gasteiger partial charge in [-0.2, -0.15) is 8.78 Å². The molecule has 0 bridgehead atoms. The van der Waals surface area contributed by atoms with Gasteiger partial charge in [0, 0.05) is 30.9 Å². The largest absolute Gasteiger partial charge is 0.493 e. The molecular formula is C19H25F2N3O2S. The Kier molecular flexibility index (Phi) is 8.83. The Balaban J connectivity index is 1.87.